The highest BCUT2D eigenvalue weighted by molar-refractivity contribution is 5.19. The molecule has 76 valence electrons. The number of alkyl halides is 1. The molecule has 1 heterocycles. The van der Waals surface area contributed by atoms with Gasteiger partial charge in [-0.05, 0) is 5.56 Å². The van der Waals surface area contributed by atoms with Crippen molar-refractivity contribution in [3.63, 3.8) is 0 Å². The van der Waals surface area contributed by atoms with Gasteiger partial charge in [-0.25, -0.2) is 4.39 Å². The van der Waals surface area contributed by atoms with Crippen LogP contribution in [0, 0.1) is 0 Å². The van der Waals surface area contributed by atoms with E-state index in [2.05, 4.69) is 10.6 Å². The third-order valence-electron chi connectivity index (χ3n) is 2.54. The van der Waals surface area contributed by atoms with Gasteiger partial charge in [-0.15, -0.1) is 0 Å². The number of hydrogen-bond acceptors (Lipinski definition) is 2. The number of nitrogens with one attached hydrogen (secondary N) is 2. The van der Waals surface area contributed by atoms with E-state index in [-0.39, 0.29) is 6.04 Å². The second-order valence-corrected chi connectivity index (χ2v) is 3.58. The first-order chi connectivity index (χ1) is 6.88. The lowest BCUT2D eigenvalue weighted by molar-refractivity contribution is 0.231. The van der Waals surface area contributed by atoms with Gasteiger partial charge in [0.25, 0.3) is 0 Å². The maximum atomic E-state index is 13.9. The van der Waals surface area contributed by atoms with Gasteiger partial charge in [0, 0.05) is 19.6 Å². The molecule has 1 aliphatic rings. The molecule has 2 rings (SSSR count). The molecule has 1 aromatic rings. The quantitative estimate of drug-likeness (QED) is 0.740. The molecule has 0 unspecified atom stereocenters. The van der Waals surface area contributed by atoms with Crippen LogP contribution in [0.3, 0.4) is 0 Å². The van der Waals surface area contributed by atoms with Crippen LogP contribution < -0.4 is 10.6 Å². The van der Waals surface area contributed by atoms with Gasteiger partial charge in [0.2, 0.25) is 0 Å². The molecule has 0 radical (unpaired) electrons. The summed E-state index contributed by atoms with van der Waals surface area (Å²) in [4.78, 5) is 0. The molecule has 0 amide bonds. The molecule has 2 N–H and O–H groups in total. The monoisotopic (exact) mass is 194 g/mol. The van der Waals surface area contributed by atoms with Crippen molar-refractivity contribution in [2.75, 3.05) is 19.6 Å². The molecule has 2 atom stereocenters. The Bertz CT molecular complexity index is 270. The minimum atomic E-state index is -0.913. The van der Waals surface area contributed by atoms with Crippen LogP contribution in [-0.4, -0.2) is 25.7 Å². The minimum absolute atomic E-state index is 0.0915. The number of piperazine rings is 1. The molecule has 2 nitrogen and oxygen atoms in total. The average Bonchev–Trinajstić information content (AvgIpc) is 2.30. The highest BCUT2D eigenvalue weighted by Crippen LogP contribution is 2.21. The molecule has 1 aliphatic heterocycles. The van der Waals surface area contributed by atoms with Gasteiger partial charge in [-0.3, -0.25) is 0 Å². The van der Waals surface area contributed by atoms with Crippen molar-refractivity contribution in [3.05, 3.63) is 35.9 Å². The molecule has 0 aromatic heterocycles. The van der Waals surface area contributed by atoms with Crippen molar-refractivity contribution < 1.29 is 4.39 Å². The highest BCUT2D eigenvalue weighted by atomic mass is 19.1. The van der Waals surface area contributed by atoms with Crippen molar-refractivity contribution >= 4 is 0 Å². The molecule has 1 saturated heterocycles. The molecule has 0 saturated carbocycles. The Morgan fingerprint density at radius 3 is 2.64 bits per heavy atom. The zero-order valence-electron chi connectivity index (χ0n) is 8.04. The molecule has 0 bridgehead atoms. The summed E-state index contributed by atoms with van der Waals surface area (Å²) in [7, 11) is 0. The lowest BCUT2D eigenvalue weighted by atomic mass is 10.0. The standard InChI is InChI=1S/C11H15FN2/c12-11(9-4-2-1-3-5-9)10-8-13-6-7-14-10/h1-5,10-11,13-14H,6-8H2/t10-,11+/m1/s1. The van der Waals surface area contributed by atoms with E-state index in [1.54, 1.807) is 0 Å². The summed E-state index contributed by atoms with van der Waals surface area (Å²) in [6, 6.07) is 9.23. The number of benzene rings is 1. The van der Waals surface area contributed by atoms with Crippen LogP contribution in [-0.2, 0) is 0 Å². The third-order valence-corrected chi connectivity index (χ3v) is 2.54. The van der Waals surface area contributed by atoms with Gasteiger partial charge >= 0.3 is 0 Å². The predicted octanol–water partition coefficient (Wildman–Crippen LogP) is 1.26. The fraction of sp³-hybridized carbons (Fsp3) is 0.455. The van der Waals surface area contributed by atoms with Crippen molar-refractivity contribution in [3.8, 4) is 0 Å². The zero-order valence-corrected chi connectivity index (χ0v) is 8.04. The van der Waals surface area contributed by atoms with Crippen LogP contribution in [0.4, 0.5) is 4.39 Å². The smallest absolute Gasteiger partial charge is 0.142 e. The second kappa shape index (κ2) is 4.53. The van der Waals surface area contributed by atoms with Gasteiger partial charge in [0.05, 0.1) is 6.04 Å². The van der Waals surface area contributed by atoms with Crippen LogP contribution in [0.2, 0.25) is 0 Å². The predicted molar refractivity (Wildman–Crippen MR) is 55.0 cm³/mol. The Balaban J connectivity index is 2.03. The van der Waals surface area contributed by atoms with Gasteiger partial charge in [0.15, 0.2) is 0 Å². The topological polar surface area (TPSA) is 24.1 Å². The molecular weight excluding hydrogens is 179 g/mol. The first-order valence-electron chi connectivity index (χ1n) is 5.01. The largest absolute Gasteiger partial charge is 0.314 e. The van der Waals surface area contributed by atoms with E-state index in [4.69, 9.17) is 0 Å². The van der Waals surface area contributed by atoms with E-state index in [1.807, 2.05) is 30.3 Å². The Labute approximate surface area is 83.5 Å². The minimum Gasteiger partial charge on any atom is -0.314 e. The number of rotatable bonds is 2. The van der Waals surface area contributed by atoms with Crippen molar-refractivity contribution in [1.29, 1.82) is 0 Å². The van der Waals surface area contributed by atoms with Crippen LogP contribution in [0.25, 0.3) is 0 Å². The second-order valence-electron chi connectivity index (χ2n) is 3.58. The molecule has 1 aromatic carbocycles. The summed E-state index contributed by atoms with van der Waals surface area (Å²) in [5.74, 6) is 0. The molecule has 1 fully saturated rings. The summed E-state index contributed by atoms with van der Waals surface area (Å²) in [5.41, 5.74) is 0.758. The zero-order chi connectivity index (χ0) is 9.80. The summed E-state index contributed by atoms with van der Waals surface area (Å²) in [5, 5.41) is 6.36. The van der Waals surface area contributed by atoms with E-state index in [0.29, 0.717) is 6.54 Å². The average molecular weight is 194 g/mol. The number of halogens is 1. The molecule has 0 spiro atoms. The van der Waals surface area contributed by atoms with Gasteiger partial charge < -0.3 is 10.6 Å². The van der Waals surface area contributed by atoms with Crippen LogP contribution in [0.5, 0.6) is 0 Å². The SMILES string of the molecule is F[C@@H](c1ccccc1)[C@H]1CNCCN1. The summed E-state index contributed by atoms with van der Waals surface area (Å²) >= 11 is 0. The van der Waals surface area contributed by atoms with E-state index in [9.17, 15) is 4.39 Å². The molecule has 0 aliphatic carbocycles. The summed E-state index contributed by atoms with van der Waals surface area (Å²) < 4.78 is 13.9. The van der Waals surface area contributed by atoms with Gasteiger partial charge in [-0.2, -0.15) is 0 Å². The van der Waals surface area contributed by atoms with Crippen LogP contribution in [0.1, 0.15) is 11.7 Å². The van der Waals surface area contributed by atoms with E-state index in [1.165, 1.54) is 0 Å². The van der Waals surface area contributed by atoms with Crippen molar-refractivity contribution in [1.82, 2.24) is 10.6 Å². The first-order valence-corrected chi connectivity index (χ1v) is 5.01. The molecular formula is C11H15FN2. The maximum Gasteiger partial charge on any atom is 0.142 e. The molecule has 14 heavy (non-hydrogen) atoms. The Hall–Kier alpha value is -0.930. The lowest BCUT2D eigenvalue weighted by Crippen LogP contribution is -2.50. The lowest BCUT2D eigenvalue weighted by Gasteiger charge is -2.27. The Kier molecular flexibility index (Phi) is 3.11. The normalized spacial score (nSPS) is 24.5. The fourth-order valence-electron chi connectivity index (χ4n) is 1.75. The summed E-state index contributed by atoms with van der Waals surface area (Å²) in [6.07, 6.45) is -0.913. The van der Waals surface area contributed by atoms with E-state index < -0.39 is 6.17 Å². The first kappa shape index (κ1) is 9.62. The van der Waals surface area contributed by atoms with Gasteiger partial charge in [0.1, 0.15) is 6.17 Å². The Morgan fingerprint density at radius 2 is 2.00 bits per heavy atom. The number of hydrogen-bond donors (Lipinski definition) is 2. The summed E-state index contributed by atoms with van der Waals surface area (Å²) in [6.45, 7) is 2.48. The van der Waals surface area contributed by atoms with Crippen LogP contribution >= 0.6 is 0 Å². The van der Waals surface area contributed by atoms with Crippen molar-refractivity contribution in [2.24, 2.45) is 0 Å². The fourth-order valence-corrected chi connectivity index (χ4v) is 1.75. The van der Waals surface area contributed by atoms with E-state index >= 15 is 0 Å². The Morgan fingerprint density at radius 1 is 1.21 bits per heavy atom. The molecule has 3 heteroatoms. The van der Waals surface area contributed by atoms with E-state index in [0.717, 1.165) is 18.7 Å². The van der Waals surface area contributed by atoms with Crippen molar-refractivity contribution in [2.45, 2.75) is 12.2 Å². The van der Waals surface area contributed by atoms with Gasteiger partial charge in [-0.1, -0.05) is 30.3 Å². The highest BCUT2D eigenvalue weighted by Gasteiger charge is 2.23. The third kappa shape index (κ3) is 2.11. The van der Waals surface area contributed by atoms with Crippen LogP contribution in [0.15, 0.2) is 30.3 Å². The maximum absolute atomic E-state index is 13.9.